The van der Waals surface area contributed by atoms with Crippen LogP contribution in [0, 0.1) is 0 Å². The number of benzene rings is 2. The summed E-state index contributed by atoms with van der Waals surface area (Å²) in [7, 11) is 5.36. The lowest BCUT2D eigenvalue weighted by molar-refractivity contribution is 0.101. The van der Waals surface area contributed by atoms with E-state index in [0.717, 1.165) is 0 Å². The van der Waals surface area contributed by atoms with Crippen molar-refractivity contribution in [3.63, 3.8) is 0 Å². The summed E-state index contributed by atoms with van der Waals surface area (Å²) in [6, 6.07) is 16.4. The van der Waals surface area contributed by atoms with Crippen LogP contribution in [0.1, 0.15) is 10.4 Å². The summed E-state index contributed by atoms with van der Waals surface area (Å²) in [5, 5.41) is 0. The first-order valence-corrected chi connectivity index (χ1v) is 5.36. The molecule has 0 saturated heterocycles. The first-order valence-electron chi connectivity index (χ1n) is 5.36. The van der Waals surface area contributed by atoms with Crippen LogP contribution in [-0.4, -0.2) is 13.6 Å². The summed E-state index contributed by atoms with van der Waals surface area (Å²) in [6.07, 6.45) is -0.0187. The lowest BCUT2D eigenvalue weighted by Crippen LogP contribution is -2.00. The number of para-hydroxylation sites is 2. The Morgan fingerprint density at radius 3 is 2.35 bits per heavy atom. The molecule has 0 spiro atoms. The van der Waals surface area contributed by atoms with E-state index in [1.165, 1.54) is 0 Å². The highest BCUT2D eigenvalue weighted by atomic mass is 16.5. The van der Waals surface area contributed by atoms with E-state index in [0.29, 0.717) is 17.1 Å². The summed E-state index contributed by atoms with van der Waals surface area (Å²) in [5.74, 6) is 1.11. The number of carbonyl (C=O) groups excluding carboxylic acids is 1. The van der Waals surface area contributed by atoms with E-state index >= 15 is 0 Å². The number of Topliss-reactive ketones (excluding diaryl/α,β-unsaturated/α-hetero) is 1. The van der Waals surface area contributed by atoms with E-state index in [4.69, 9.17) is 12.6 Å². The van der Waals surface area contributed by atoms with Gasteiger partial charge in [-0.05, 0) is 30.6 Å². The molecule has 0 aliphatic rings. The molecule has 0 aliphatic carbocycles. The van der Waals surface area contributed by atoms with Crippen molar-refractivity contribution in [1.29, 1.82) is 0 Å². The molecule has 0 N–H and O–H groups in total. The fourth-order valence-corrected chi connectivity index (χ4v) is 1.51. The molecule has 3 heteroatoms. The van der Waals surface area contributed by atoms with Gasteiger partial charge < -0.3 is 4.74 Å². The highest BCUT2D eigenvalue weighted by molar-refractivity contribution is 6.24. The van der Waals surface area contributed by atoms with Crippen LogP contribution >= 0.6 is 0 Å². The SMILES string of the molecule is [B]CC(=O)c1ccccc1Oc1ccccc1. The van der Waals surface area contributed by atoms with Crippen molar-refractivity contribution in [2.75, 3.05) is 0 Å². The molecule has 2 nitrogen and oxygen atoms in total. The maximum Gasteiger partial charge on any atom is 0.158 e. The van der Waals surface area contributed by atoms with Gasteiger partial charge in [0.15, 0.2) is 5.78 Å². The molecule has 2 aromatic rings. The van der Waals surface area contributed by atoms with Gasteiger partial charge >= 0.3 is 0 Å². The third kappa shape index (κ3) is 2.75. The molecular formula is C14H11BO2. The van der Waals surface area contributed by atoms with E-state index in [1.807, 2.05) is 36.4 Å². The topological polar surface area (TPSA) is 26.3 Å². The Balaban J connectivity index is 2.30. The second kappa shape index (κ2) is 5.35. The van der Waals surface area contributed by atoms with Gasteiger partial charge in [-0.1, -0.05) is 30.3 Å². The second-order valence-corrected chi connectivity index (χ2v) is 3.54. The molecule has 0 bridgehead atoms. The van der Waals surface area contributed by atoms with Crippen LogP contribution in [0.15, 0.2) is 54.6 Å². The summed E-state index contributed by atoms with van der Waals surface area (Å²) in [5.41, 5.74) is 0.513. The molecule has 2 aromatic carbocycles. The van der Waals surface area contributed by atoms with Gasteiger partial charge in [0.05, 0.1) is 13.4 Å². The Kier molecular flexibility index (Phi) is 3.60. The molecule has 0 heterocycles. The van der Waals surface area contributed by atoms with Crippen molar-refractivity contribution in [2.45, 2.75) is 6.32 Å². The minimum atomic E-state index is -0.128. The van der Waals surface area contributed by atoms with Crippen molar-refractivity contribution in [3.8, 4) is 11.5 Å². The summed E-state index contributed by atoms with van der Waals surface area (Å²) >= 11 is 0. The number of ketones is 1. The molecule has 0 amide bonds. The van der Waals surface area contributed by atoms with Gasteiger partial charge in [-0.3, -0.25) is 4.79 Å². The van der Waals surface area contributed by atoms with Crippen molar-refractivity contribution >= 4 is 13.6 Å². The maximum atomic E-state index is 11.6. The predicted octanol–water partition coefficient (Wildman–Crippen LogP) is 3.25. The average molecular weight is 222 g/mol. The molecular weight excluding hydrogens is 211 g/mol. The quantitative estimate of drug-likeness (QED) is 0.586. The van der Waals surface area contributed by atoms with Crippen molar-refractivity contribution in [1.82, 2.24) is 0 Å². The third-order valence-corrected chi connectivity index (χ3v) is 2.34. The summed E-state index contributed by atoms with van der Waals surface area (Å²) in [6.45, 7) is 0. The fourth-order valence-electron chi connectivity index (χ4n) is 1.51. The fraction of sp³-hybridized carbons (Fsp3) is 0.0714. The van der Waals surface area contributed by atoms with Crippen LogP contribution in [-0.2, 0) is 0 Å². The molecule has 2 radical (unpaired) electrons. The Morgan fingerprint density at radius 1 is 1.00 bits per heavy atom. The van der Waals surface area contributed by atoms with Crippen LogP contribution in [0.2, 0.25) is 6.32 Å². The second-order valence-electron chi connectivity index (χ2n) is 3.54. The molecule has 82 valence electrons. The molecule has 0 fully saturated rings. The molecule has 0 atom stereocenters. The van der Waals surface area contributed by atoms with Gasteiger partial charge in [0.25, 0.3) is 0 Å². The van der Waals surface area contributed by atoms with Crippen molar-refractivity contribution < 1.29 is 9.53 Å². The maximum absolute atomic E-state index is 11.6. The van der Waals surface area contributed by atoms with Crippen LogP contribution in [0.3, 0.4) is 0 Å². The molecule has 2 rings (SSSR count). The molecule has 0 saturated carbocycles. The molecule has 0 aromatic heterocycles. The van der Waals surface area contributed by atoms with Crippen LogP contribution in [0.25, 0.3) is 0 Å². The molecule has 0 unspecified atom stereocenters. The van der Waals surface area contributed by atoms with Crippen LogP contribution in [0.4, 0.5) is 0 Å². The van der Waals surface area contributed by atoms with Gasteiger partial charge in [-0.15, -0.1) is 0 Å². The largest absolute Gasteiger partial charge is 0.457 e. The first-order chi connectivity index (χ1) is 8.31. The van der Waals surface area contributed by atoms with E-state index in [2.05, 4.69) is 0 Å². The zero-order valence-corrected chi connectivity index (χ0v) is 9.30. The van der Waals surface area contributed by atoms with Crippen molar-refractivity contribution in [2.24, 2.45) is 0 Å². The molecule has 0 aliphatic heterocycles. The van der Waals surface area contributed by atoms with Crippen LogP contribution < -0.4 is 4.74 Å². The minimum absolute atomic E-state index is 0.0187. The first kappa shape index (κ1) is 11.5. The zero-order chi connectivity index (χ0) is 12.1. The number of hydrogen-bond acceptors (Lipinski definition) is 2. The Morgan fingerprint density at radius 2 is 1.65 bits per heavy atom. The van der Waals surface area contributed by atoms with E-state index in [9.17, 15) is 4.79 Å². The smallest absolute Gasteiger partial charge is 0.158 e. The monoisotopic (exact) mass is 222 g/mol. The lowest BCUT2D eigenvalue weighted by Gasteiger charge is -2.09. The minimum Gasteiger partial charge on any atom is -0.457 e. The van der Waals surface area contributed by atoms with Gasteiger partial charge in [0.2, 0.25) is 0 Å². The Labute approximate surface area is 102 Å². The number of carbonyl (C=O) groups is 1. The number of rotatable bonds is 4. The van der Waals surface area contributed by atoms with Crippen LogP contribution in [0.5, 0.6) is 11.5 Å². The van der Waals surface area contributed by atoms with E-state index < -0.39 is 0 Å². The molecule has 17 heavy (non-hydrogen) atoms. The standard InChI is InChI=1S/C14H11BO2/c15-10-13(16)12-8-4-5-9-14(12)17-11-6-2-1-3-7-11/h1-9H,10H2. The van der Waals surface area contributed by atoms with Gasteiger partial charge in [0.1, 0.15) is 11.5 Å². The van der Waals surface area contributed by atoms with E-state index in [-0.39, 0.29) is 12.1 Å². The average Bonchev–Trinajstić information content (AvgIpc) is 2.40. The Bertz CT molecular complexity index is 509. The summed E-state index contributed by atoms with van der Waals surface area (Å²) < 4.78 is 5.66. The van der Waals surface area contributed by atoms with Gasteiger partial charge in [0, 0.05) is 0 Å². The third-order valence-electron chi connectivity index (χ3n) is 2.34. The normalized spacial score (nSPS) is 9.88. The van der Waals surface area contributed by atoms with Crippen molar-refractivity contribution in [3.05, 3.63) is 60.2 Å². The highest BCUT2D eigenvalue weighted by Gasteiger charge is 2.10. The highest BCUT2D eigenvalue weighted by Crippen LogP contribution is 2.25. The zero-order valence-electron chi connectivity index (χ0n) is 9.30. The lowest BCUT2D eigenvalue weighted by atomic mass is 9.95. The number of hydrogen-bond donors (Lipinski definition) is 0. The summed E-state index contributed by atoms with van der Waals surface area (Å²) in [4.78, 5) is 11.6. The predicted molar refractivity (Wildman–Crippen MR) is 67.8 cm³/mol. The number of ether oxygens (including phenoxy) is 1. The van der Waals surface area contributed by atoms with E-state index in [1.54, 1.807) is 18.2 Å². The van der Waals surface area contributed by atoms with Gasteiger partial charge in [-0.25, -0.2) is 0 Å². The van der Waals surface area contributed by atoms with Gasteiger partial charge in [-0.2, -0.15) is 0 Å². The Hall–Kier alpha value is -2.03.